The van der Waals surface area contributed by atoms with E-state index in [1.807, 2.05) is 0 Å². The predicted octanol–water partition coefficient (Wildman–Crippen LogP) is 1.36. The zero-order chi connectivity index (χ0) is 12.4. The highest BCUT2D eigenvalue weighted by Crippen LogP contribution is 2.17. The zero-order valence-electron chi connectivity index (χ0n) is 9.32. The molecule has 4 nitrogen and oxygen atoms in total. The number of hydrogen-bond donors (Lipinski definition) is 1. The van der Waals surface area contributed by atoms with Crippen LogP contribution in [0, 0.1) is 18.6 Å². The molecule has 0 bridgehead atoms. The fraction of sp³-hybridized carbons (Fsp3) is 0.273. The van der Waals surface area contributed by atoms with Crippen molar-refractivity contribution in [2.45, 2.75) is 13.3 Å². The van der Waals surface area contributed by atoms with E-state index >= 15 is 0 Å². The molecule has 1 heterocycles. The van der Waals surface area contributed by atoms with Crippen molar-refractivity contribution in [1.29, 1.82) is 0 Å². The average molecular weight is 238 g/mol. The lowest BCUT2D eigenvalue weighted by Crippen LogP contribution is -2.03. The lowest BCUT2D eigenvalue weighted by molar-refractivity contribution is 0.578. The van der Waals surface area contributed by atoms with Crippen LogP contribution in [-0.2, 0) is 6.42 Å². The summed E-state index contributed by atoms with van der Waals surface area (Å²) >= 11 is 0. The SMILES string of the molecule is Cc1cc(F)c(-n2cc(CCN)nn2)cc1F. The second-order valence-corrected chi connectivity index (χ2v) is 3.75. The quantitative estimate of drug-likeness (QED) is 0.878. The van der Waals surface area contributed by atoms with Gasteiger partial charge in [-0.1, -0.05) is 5.21 Å². The standard InChI is InChI=1S/C11H12F2N4/c1-7-4-10(13)11(5-9(7)12)17-6-8(2-3-14)15-16-17/h4-6H,2-3,14H2,1H3. The first-order valence-corrected chi connectivity index (χ1v) is 5.19. The van der Waals surface area contributed by atoms with Gasteiger partial charge in [-0.25, -0.2) is 13.5 Å². The van der Waals surface area contributed by atoms with Crippen molar-refractivity contribution < 1.29 is 8.78 Å². The Morgan fingerprint density at radius 1 is 1.29 bits per heavy atom. The Morgan fingerprint density at radius 2 is 2.06 bits per heavy atom. The molecule has 0 saturated carbocycles. The molecule has 0 fully saturated rings. The third-order valence-corrected chi connectivity index (χ3v) is 2.42. The summed E-state index contributed by atoms with van der Waals surface area (Å²) in [5.41, 5.74) is 6.32. The van der Waals surface area contributed by atoms with Crippen LogP contribution in [0.15, 0.2) is 18.3 Å². The number of nitrogens with zero attached hydrogens (tertiary/aromatic N) is 3. The maximum absolute atomic E-state index is 13.6. The molecule has 1 aromatic carbocycles. The molecule has 17 heavy (non-hydrogen) atoms. The van der Waals surface area contributed by atoms with Crippen LogP contribution in [0.1, 0.15) is 11.3 Å². The lowest BCUT2D eigenvalue weighted by atomic mass is 10.2. The molecule has 0 aliphatic carbocycles. The topological polar surface area (TPSA) is 56.7 Å². The Balaban J connectivity index is 2.41. The van der Waals surface area contributed by atoms with Gasteiger partial charge in [0.15, 0.2) is 0 Å². The number of rotatable bonds is 3. The summed E-state index contributed by atoms with van der Waals surface area (Å²) in [6.07, 6.45) is 2.09. The van der Waals surface area contributed by atoms with E-state index in [4.69, 9.17) is 5.73 Å². The highest BCUT2D eigenvalue weighted by molar-refractivity contribution is 5.36. The van der Waals surface area contributed by atoms with Gasteiger partial charge in [0.1, 0.15) is 17.3 Å². The lowest BCUT2D eigenvalue weighted by Gasteiger charge is -2.04. The molecule has 0 unspecified atom stereocenters. The van der Waals surface area contributed by atoms with Crippen LogP contribution >= 0.6 is 0 Å². The Hall–Kier alpha value is -1.82. The Labute approximate surface area is 97.0 Å². The van der Waals surface area contributed by atoms with E-state index in [0.29, 0.717) is 18.7 Å². The summed E-state index contributed by atoms with van der Waals surface area (Å²) in [5, 5.41) is 7.56. The van der Waals surface area contributed by atoms with Crippen LogP contribution in [0.5, 0.6) is 0 Å². The van der Waals surface area contributed by atoms with Gasteiger partial charge < -0.3 is 5.73 Å². The largest absolute Gasteiger partial charge is 0.330 e. The summed E-state index contributed by atoms with van der Waals surface area (Å²) in [6, 6.07) is 2.24. The monoisotopic (exact) mass is 238 g/mol. The van der Waals surface area contributed by atoms with Gasteiger partial charge in [0.05, 0.1) is 11.9 Å². The van der Waals surface area contributed by atoms with Gasteiger partial charge in [-0.3, -0.25) is 0 Å². The third kappa shape index (κ3) is 2.31. The van der Waals surface area contributed by atoms with Crippen LogP contribution < -0.4 is 5.73 Å². The van der Waals surface area contributed by atoms with Crippen molar-refractivity contribution in [3.05, 3.63) is 41.2 Å². The Morgan fingerprint density at radius 3 is 2.76 bits per heavy atom. The number of nitrogens with two attached hydrogens (primary N) is 1. The molecule has 0 aliphatic heterocycles. The molecule has 0 atom stereocenters. The fourth-order valence-corrected chi connectivity index (χ4v) is 1.49. The van der Waals surface area contributed by atoms with Crippen molar-refractivity contribution in [3.63, 3.8) is 0 Å². The van der Waals surface area contributed by atoms with E-state index in [0.717, 1.165) is 12.1 Å². The first-order chi connectivity index (χ1) is 8.11. The van der Waals surface area contributed by atoms with Gasteiger partial charge in [0.25, 0.3) is 0 Å². The van der Waals surface area contributed by atoms with Crippen LogP contribution in [0.25, 0.3) is 5.69 Å². The fourth-order valence-electron chi connectivity index (χ4n) is 1.49. The number of halogens is 2. The smallest absolute Gasteiger partial charge is 0.149 e. The first kappa shape index (κ1) is 11.7. The van der Waals surface area contributed by atoms with Crippen LogP contribution in [0.2, 0.25) is 0 Å². The van der Waals surface area contributed by atoms with Gasteiger partial charge in [-0.15, -0.1) is 5.10 Å². The molecule has 0 radical (unpaired) electrons. The first-order valence-electron chi connectivity index (χ1n) is 5.19. The summed E-state index contributed by atoms with van der Waals surface area (Å²) in [4.78, 5) is 0. The minimum atomic E-state index is -0.534. The molecule has 6 heteroatoms. The summed E-state index contributed by atoms with van der Waals surface area (Å²) in [5.74, 6) is -1.01. The van der Waals surface area contributed by atoms with Crippen molar-refractivity contribution in [2.75, 3.05) is 6.54 Å². The molecule has 0 saturated heterocycles. The Kier molecular flexibility index (Phi) is 3.14. The van der Waals surface area contributed by atoms with Crippen molar-refractivity contribution in [1.82, 2.24) is 15.0 Å². The van der Waals surface area contributed by atoms with Crippen molar-refractivity contribution >= 4 is 0 Å². The van der Waals surface area contributed by atoms with Gasteiger partial charge in [-0.2, -0.15) is 0 Å². The summed E-state index contributed by atoms with van der Waals surface area (Å²) in [7, 11) is 0. The molecule has 90 valence electrons. The van der Waals surface area contributed by atoms with Crippen LogP contribution in [0.4, 0.5) is 8.78 Å². The molecular formula is C11H12F2N4. The van der Waals surface area contributed by atoms with E-state index < -0.39 is 11.6 Å². The van der Waals surface area contributed by atoms with Gasteiger partial charge in [0.2, 0.25) is 0 Å². The molecule has 2 rings (SSSR count). The highest BCUT2D eigenvalue weighted by atomic mass is 19.1. The highest BCUT2D eigenvalue weighted by Gasteiger charge is 2.11. The Bertz CT molecular complexity index is 536. The minimum Gasteiger partial charge on any atom is -0.330 e. The van der Waals surface area contributed by atoms with Gasteiger partial charge >= 0.3 is 0 Å². The summed E-state index contributed by atoms with van der Waals surface area (Å²) < 4.78 is 28.2. The van der Waals surface area contributed by atoms with E-state index in [9.17, 15) is 8.78 Å². The number of benzene rings is 1. The van der Waals surface area contributed by atoms with E-state index in [2.05, 4.69) is 10.3 Å². The number of hydrogen-bond acceptors (Lipinski definition) is 3. The average Bonchev–Trinajstić information content (AvgIpc) is 2.72. The van der Waals surface area contributed by atoms with Crippen molar-refractivity contribution in [3.8, 4) is 5.69 Å². The minimum absolute atomic E-state index is 0.0453. The number of aryl methyl sites for hydroxylation is 1. The normalized spacial score (nSPS) is 10.8. The maximum Gasteiger partial charge on any atom is 0.149 e. The van der Waals surface area contributed by atoms with Gasteiger partial charge in [-0.05, 0) is 25.1 Å². The van der Waals surface area contributed by atoms with Crippen LogP contribution in [-0.4, -0.2) is 21.5 Å². The van der Waals surface area contributed by atoms with E-state index in [-0.39, 0.29) is 11.3 Å². The second kappa shape index (κ2) is 4.58. The third-order valence-electron chi connectivity index (χ3n) is 2.42. The van der Waals surface area contributed by atoms with Gasteiger partial charge in [0, 0.05) is 12.5 Å². The number of aromatic nitrogens is 3. The van der Waals surface area contributed by atoms with Crippen molar-refractivity contribution in [2.24, 2.45) is 5.73 Å². The van der Waals surface area contributed by atoms with Crippen LogP contribution in [0.3, 0.4) is 0 Å². The molecule has 0 aliphatic rings. The maximum atomic E-state index is 13.6. The zero-order valence-corrected chi connectivity index (χ0v) is 9.32. The molecule has 0 spiro atoms. The second-order valence-electron chi connectivity index (χ2n) is 3.75. The molecule has 2 aromatic rings. The summed E-state index contributed by atoms with van der Waals surface area (Å²) in [6.45, 7) is 1.94. The molecule has 0 amide bonds. The molecule has 2 N–H and O–H groups in total. The predicted molar refractivity (Wildman–Crippen MR) is 58.8 cm³/mol. The molecule has 1 aromatic heterocycles. The molecular weight excluding hydrogens is 226 g/mol. The van der Waals surface area contributed by atoms with E-state index in [1.165, 1.54) is 11.6 Å². The van der Waals surface area contributed by atoms with E-state index in [1.54, 1.807) is 6.20 Å².